The van der Waals surface area contributed by atoms with Crippen molar-refractivity contribution in [1.29, 1.82) is 0 Å². The number of aromatic nitrogens is 1. The van der Waals surface area contributed by atoms with Gasteiger partial charge in [0.1, 0.15) is 18.2 Å². The third kappa shape index (κ3) is 4.86. The molecule has 1 aromatic heterocycles. The van der Waals surface area contributed by atoms with Crippen LogP contribution in [-0.4, -0.2) is 58.5 Å². The van der Waals surface area contributed by atoms with Crippen LogP contribution in [0.2, 0.25) is 0 Å². The summed E-state index contributed by atoms with van der Waals surface area (Å²) in [5.41, 5.74) is 1.26. The number of likely N-dealkylation sites (tertiary alicyclic amines) is 1. The number of aliphatic hydroxyl groups is 1. The minimum absolute atomic E-state index is 0.0502. The Hall–Kier alpha value is -2.32. The third-order valence-electron chi connectivity index (χ3n) is 4.01. The molecule has 26 heavy (non-hydrogen) atoms. The lowest BCUT2D eigenvalue weighted by atomic mass is 10.1. The smallest absolute Gasteiger partial charge is 0.317 e. The van der Waals surface area contributed by atoms with Gasteiger partial charge in [-0.3, -0.25) is 0 Å². The van der Waals surface area contributed by atoms with E-state index in [1.807, 2.05) is 12.1 Å². The largest absolute Gasteiger partial charge is 0.434 e. The number of halogens is 1. The Kier molecular flexibility index (Phi) is 6.30. The minimum atomic E-state index is -0.902. The Morgan fingerprint density at radius 2 is 2.15 bits per heavy atom. The zero-order valence-electron chi connectivity index (χ0n) is 14.2. The maximum atomic E-state index is 11.9. The van der Waals surface area contributed by atoms with Gasteiger partial charge >= 0.3 is 6.03 Å². The molecule has 1 aliphatic rings. The van der Waals surface area contributed by atoms with Gasteiger partial charge in [-0.15, -0.1) is 0 Å². The number of piperidine rings is 1. The summed E-state index contributed by atoms with van der Waals surface area (Å²) < 4.78 is 5.45. The zero-order chi connectivity index (χ0) is 18.4. The topological polar surface area (TPSA) is 100 Å². The molecule has 1 fully saturated rings. The van der Waals surface area contributed by atoms with E-state index in [9.17, 15) is 9.90 Å². The highest BCUT2D eigenvalue weighted by atomic mass is 35.5. The van der Waals surface area contributed by atoms with Crippen molar-refractivity contribution >= 4 is 33.9 Å². The quantitative estimate of drug-likeness (QED) is 0.591. The molecule has 1 aromatic carbocycles. The highest BCUT2D eigenvalue weighted by molar-refractivity contribution is 6.68. The van der Waals surface area contributed by atoms with E-state index in [-0.39, 0.29) is 30.2 Å². The average molecular weight is 381 g/mol. The number of nitrogens with zero attached hydrogens (tertiary/aromatic N) is 3. The van der Waals surface area contributed by atoms with Gasteiger partial charge in [0, 0.05) is 19.6 Å². The van der Waals surface area contributed by atoms with Gasteiger partial charge in [-0.05, 0) is 31.4 Å². The maximum absolute atomic E-state index is 11.9. The van der Waals surface area contributed by atoms with Gasteiger partial charge in [0.25, 0.3) is 5.89 Å². The Morgan fingerprint density at radius 1 is 1.38 bits per heavy atom. The number of amides is 2. The molecule has 2 heterocycles. The average Bonchev–Trinajstić information content (AvgIpc) is 3.11. The van der Waals surface area contributed by atoms with Crippen LogP contribution in [0.15, 0.2) is 33.8 Å². The SMILES string of the molecule is O=C(NCC(O)CO/N=C(\Cl)c1nc2ccccc2o1)N1CCCCC1. The second-order valence-electron chi connectivity index (χ2n) is 6.05. The highest BCUT2D eigenvalue weighted by Gasteiger charge is 2.17. The molecule has 140 valence electrons. The van der Waals surface area contributed by atoms with Gasteiger partial charge < -0.3 is 24.6 Å². The van der Waals surface area contributed by atoms with Crippen LogP contribution < -0.4 is 5.32 Å². The highest BCUT2D eigenvalue weighted by Crippen LogP contribution is 2.16. The van der Waals surface area contributed by atoms with Crippen LogP contribution in [0, 0.1) is 0 Å². The van der Waals surface area contributed by atoms with Crippen molar-refractivity contribution in [2.24, 2.45) is 5.16 Å². The van der Waals surface area contributed by atoms with Gasteiger partial charge in [-0.25, -0.2) is 9.78 Å². The summed E-state index contributed by atoms with van der Waals surface area (Å²) in [6.45, 7) is 1.47. The molecule has 1 unspecified atom stereocenters. The predicted octanol–water partition coefficient (Wildman–Crippen LogP) is 2.30. The first-order valence-corrected chi connectivity index (χ1v) is 8.93. The molecule has 8 nitrogen and oxygen atoms in total. The molecule has 2 N–H and O–H groups in total. The van der Waals surface area contributed by atoms with E-state index in [4.69, 9.17) is 20.9 Å². The summed E-state index contributed by atoms with van der Waals surface area (Å²) >= 11 is 6.00. The second-order valence-corrected chi connectivity index (χ2v) is 6.41. The van der Waals surface area contributed by atoms with Crippen LogP contribution in [-0.2, 0) is 4.84 Å². The molecular weight excluding hydrogens is 360 g/mol. The van der Waals surface area contributed by atoms with Crippen molar-refractivity contribution in [3.63, 3.8) is 0 Å². The Bertz CT molecular complexity index is 740. The number of fused-ring (bicyclic) bond motifs is 1. The van der Waals surface area contributed by atoms with E-state index in [0.29, 0.717) is 11.1 Å². The molecule has 1 saturated heterocycles. The summed E-state index contributed by atoms with van der Waals surface area (Å²) in [7, 11) is 0. The number of carbonyl (C=O) groups is 1. The van der Waals surface area contributed by atoms with Crippen LogP contribution in [0.5, 0.6) is 0 Å². The lowest BCUT2D eigenvalue weighted by Crippen LogP contribution is -2.45. The van der Waals surface area contributed by atoms with Crippen LogP contribution in [0.4, 0.5) is 4.79 Å². The number of rotatable bonds is 6. The number of carbonyl (C=O) groups excluding carboxylic acids is 1. The molecule has 2 amide bonds. The number of benzene rings is 1. The molecule has 0 radical (unpaired) electrons. The van der Waals surface area contributed by atoms with Crippen LogP contribution in [0.3, 0.4) is 0 Å². The molecule has 3 rings (SSSR count). The monoisotopic (exact) mass is 380 g/mol. The van der Waals surface area contributed by atoms with Crippen molar-refractivity contribution in [2.75, 3.05) is 26.2 Å². The maximum Gasteiger partial charge on any atom is 0.317 e. The van der Waals surface area contributed by atoms with Gasteiger partial charge in [0.05, 0.1) is 0 Å². The summed E-state index contributed by atoms with van der Waals surface area (Å²) in [5.74, 6) is 0.140. The van der Waals surface area contributed by atoms with Crippen molar-refractivity contribution in [1.82, 2.24) is 15.2 Å². The molecule has 0 saturated carbocycles. The van der Waals surface area contributed by atoms with Gasteiger partial charge in [-0.1, -0.05) is 28.9 Å². The fourth-order valence-corrected chi connectivity index (χ4v) is 2.78. The standard InChI is InChI=1S/C17H21ClN4O4/c18-15(16-20-13-6-2-3-7-14(13)26-16)21-25-11-12(23)10-19-17(24)22-8-4-1-5-9-22/h2-3,6-7,12,23H,1,4-5,8-11H2,(H,19,24)/b21-15-. The fraction of sp³-hybridized carbons (Fsp3) is 0.471. The van der Waals surface area contributed by atoms with Gasteiger partial charge in [0.2, 0.25) is 5.17 Å². The number of hydrogen-bond acceptors (Lipinski definition) is 6. The summed E-state index contributed by atoms with van der Waals surface area (Å²) in [6.07, 6.45) is 2.28. The molecule has 1 aliphatic heterocycles. The van der Waals surface area contributed by atoms with E-state index in [1.54, 1.807) is 17.0 Å². The summed E-state index contributed by atoms with van der Waals surface area (Å²) in [6, 6.07) is 7.06. The van der Waals surface area contributed by atoms with Crippen molar-refractivity contribution in [3.05, 3.63) is 30.2 Å². The van der Waals surface area contributed by atoms with E-state index in [1.165, 1.54) is 0 Å². The predicted molar refractivity (Wildman–Crippen MR) is 97.2 cm³/mol. The number of oxime groups is 1. The van der Waals surface area contributed by atoms with E-state index >= 15 is 0 Å². The lowest BCUT2D eigenvalue weighted by Gasteiger charge is -2.27. The van der Waals surface area contributed by atoms with Crippen LogP contribution in [0.25, 0.3) is 11.1 Å². The molecule has 2 aromatic rings. The normalized spacial score (nSPS) is 16.5. The van der Waals surface area contributed by atoms with Crippen LogP contribution >= 0.6 is 11.6 Å². The molecular formula is C17H21ClN4O4. The number of urea groups is 1. The van der Waals surface area contributed by atoms with Gasteiger partial charge in [-0.2, -0.15) is 0 Å². The van der Waals surface area contributed by atoms with Crippen molar-refractivity contribution in [2.45, 2.75) is 25.4 Å². The van der Waals surface area contributed by atoms with E-state index < -0.39 is 6.10 Å². The molecule has 9 heteroatoms. The molecule has 1 atom stereocenters. The first kappa shape index (κ1) is 18.5. The van der Waals surface area contributed by atoms with E-state index in [2.05, 4.69) is 15.5 Å². The number of oxazole rings is 1. The van der Waals surface area contributed by atoms with Gasteiger partial charge in [0.15, 0.2) is 5.58 Å². The summed E-state index contributed by atoms with van der Waals surface area (Å²) in [4.78, 5) is 22.9. The number of para-hydroxylation sites is 2. The Balaban J connectivity index is 1.42. The summed E-state index contributed by atoms with van der Waals surface area (Å²) in [5, 5.41) is 16.2. The molecule has 0 aliphatic carbocycles. The molecule has 0 bridgehead atoms. The first-order valence-electron chi connectivity index (χ1n) is 8.56. The van der Waals surface area contributed by atoms with E-state index in [0.717, 1.165) is 32.4 Å². The Labute approximate surface area is 155 Å². The Morgan fingerprint density at radius 3 is 2.92 bits per heavy atom. The third-order valence-corrected chi connectivity index (χ3v) is 4.24. The van der Waals surface area contributed by atoms with Crippen molar-refractivity contribution in [3.8, 4) is 0 Å². The van der Waals surface area contributed by atoms with Crippen molar-refractivity contribution < 1.29 is 19.2 Å². The zero-order valence-corrected chi connectivity index (χ0v) is 15.0. The number of hydrogen-bond donors (Lipinski definition) is 2. The lowest BCUT2D eigenvalue weighted by molar-refractivity contribution is 0.0410. The molecule has 0 spiro atoms. The first-order chi connectivity index (χ1) is 12.6. The van der Waals surface area contributed by atoms with Crippen LogP contribution in [0.1, 0.15) is 25.2 Å². The number of aliphatic hydroxyl groups excluding tert-OH is 1. The second kappa shape index (κ2) is 8.86. The fourth-order valence-electron chi connectivity index (χ4n) is 2.65. The number of nitrogens with one attached hydrogen (secondary N) is 1. The minimum Gasteiger partial charge on any atom is -0.434 e.